The molecule has 2 saturated heterocycles. The minimum atomic E-state index is -0.846. The van der Waals surface area contributed by atoms with Crippen molar-refractivity contribution in [3.8, 4) is 0 Å². The summed E-state index contributed by atoms with van der Waals surface area (Å²) in [7, 11) is 0. The fraction of sp³-hybridized carbons (Fsp3) is 0.556. The highest BCUT2D eigenvalue weighted by Gasteiger charge is 2.60. The van der Waals surface area contributed by atoms with Crippen molar-refractivity contribution in [2.45, 2.75) is 63.2 Å². The average Bonchev–Trinajstić information content (AvgIpc) is 3.62. The number of carbonyl (C=O) groups is 3. The molecule has 3 aliphatic heterocycles. The van der Waals surface area contributed by atoms with Gasteiger partial charge in [-0.2, -0.15) is 0 Å². The number of thioether (sulfide) groups is 1. The molecule has 11 nitrogen and oxygen atoms in total. The Kier molecular flexibility index (Phi) is 8.87. The van der Waals surface area contributed by atoms with Crippen LogP contribution in [0.25, 0.3) is 0 Å². The van der Waals surface area contributed by atoms with Crippen LogP contribution in [0.15, 0.2) is 42.1 Å². The number of fused-ring (bicyclic) bond motifs is 1. The number of rotatable bonds is 11. The fourth-order valence-electron chi connectivity index (χ4n) is 5.76. The van der Waals surface area contributed by atoms with Crippen LogP contribution >= 0.6 is 11.8 Å². The van der Waals surface area contributed by atoms with Gasteiger partial charge in [0.25, 0.3) is 0 Å². The molecule has 2 amide bonds. The number of aliphatic hydroxyl groups is 2. The summed E-state index contributed by atoms with van der Waals surface area (Å²) in [6.45, 7) is 12.9. The normalized spacial score (nSPS) is 27.6. The molecule has 3 N–H and O–H groups in total. The molecule has 1 unspecified atom stereocenters. The van der Waals surface area contributed by atoms with Crippen LogP contribution in [0.2, 0.25) is 0 Å². The van der Waals surface area contributed by atoms with Crippen molar-refractivity contribution >= 4 is 29.7 Å². The number of nitrogens with zero attached hydrogens (tertiary/aromatic N) is 3. The molecule has 39 heavy (non-hydrogen) atoms. The average molecular weight is 561 g/mol. The predicted octanol–water partition coefficient (Wildman–Crippen LogP) is 2.30. The van der Waals surface area contributed by atoms with E-state index in [1.807, 2.05) is 13.8 Å². The first-order valence-electron chi connectivity index (χ1n) is 13.0. The Labute approximate surface area is 231 Å². The molecule has 3 aliphatic rings. The predicted molar refractivity (Wildman–Crippen MR) is 144 cm³/mol. The van der Waals surface area contributed by atoms with Gasteiger partial charge in [0.05, 0.1) is 18.1 Å². The van der Waals surface area contributed by atoms with Crippen LogP contribution in [0.4, 0.5) is 4.79 Å². The van der Waals surface area contributed by atoms with E-state index in [0.29, 0.717) is 23.7 Å². The summed E-state index contributed by atoms with van der Waals surface area (Å²) in [6, 6.07) is -0.581. The zero-order chi connectivity index (χ0) is 28.4. The molecule has 212 valence electrons. The Balaban J connectivity index is 1.62. The van der Waals surface area contributed by atoms with E-state index in [1.54, 1.807) is 18.0 Å². The van der Waals surface area contributed by atoms with E-state index in [4.69, 9.17) is 9.47 Å². The zero-order valence-electron chi connectivity index (χ0n) is 22.4. The lowest BCUT2D eigenvalue weighted by molar-refractivity contribution is -0.164. The second-order valence-corrected chi connectivity index (χ2v) is 11.5. The van der Waals surface area contributed by atoms with Gasteiger partial charge in [0.2, 0.25) is 5.91 Å². The van der Waals surface area contributed by atoms with Gasteiger partial charge in [-0.1, -0.05) is 39.2 Å². The number of carbonyl (C=O) groups excluding carboxylic acids is 3. The van der Waals surface area contributed by atoms with E-state index in [9.17, 15) is 24.6 Å². The number of β-lactam (4-membered cyclic amide) rings is 1. The molecule has 0 saturated carbocycles. The van der Waals surface area contributed by atoms with Crippen LogP contribution in [0.1, 0.15) is 44.6 Å². The Morgan fingerprint density at radius 1 is 1.28 bits per heavy atom. The van der Waals surface area contributed by atoms with Crippen LogP contribution in [-0.2, 0) is 25.7 Å². The molecule has 4 rings (SSSR count). The summed E-state index contributed by atoms with van der Waals surface area (Å²) >= 11 is 1.47. The summed E-state index contributed by atoms with van der Waals surface area (Å²) in [4.78, 5) is 50.2. The Hall–Kier alpha value is -3.09. The molecule has 2 fully saturated rings. The molecule has 7 atom stereocenters. The van der Waals surface area contributed by atoms with Crippen molar-refractivity contribution in [1.82, 2.24) is 19.8 Å². The Morgan fingerprint density at radius 3 is 2.59 bits per heavy atom. The van der Waals surface area contributed by atoms with Gasteiger partial charge in [-0.25, -0.2) is 14.6 Å². The number of aromatic amines is 1. The zero-order valence-corrected chi connectivity index (χ0v) is 23.2. The maximum atomic E-state index is 13.1. The van der Waals surface area contributed by atoms with Crippen LogP contribution < -0.4 is 0 Å². The summed E-state index contributed by atoms with van der Waals surface area (Å²) < 4.78 is 10.7. The lowest BCUT2D eigenvalue weighted by Crippen LogP contribution is -2.63. The maximum Gasteiger partial charge on any atom is 0.410 e. The second-order valence-electron chi connectivity index (χ2n) is 10.1. The molecule has 1 aromatic rings. The number of amides is 2. The third-order valence-corrected chi connectivity index (χ3v) is 9.15. The molecule has 0 aliphatic carbocycles. The van der Waals surface area contributed by atoms with Crippen LogP contribution in [0.3, 0.4) is 0 Å². The maximum absolute atomic E-state index is 13.1. The van der Waals surface area contributed by atoms with E-state index in [-0.39, 0.29) is 60.6 Å². The molecule has 1 aromatic heterocycles. The van der Waals surface area contributed by atoms with E-state index >= 15 is 0 Å². The van der Waals surface area contributed by atoms with Gasteiger partial charge in [-0.05, 0) is 13.3 Å². The third-order valence-electron chi connectivity index (χ3n) is 7.66. The first-order chi connectivity index (χ1) is 18.6. The van der Waals surface area contributed by atoms with Crippen LogP contribution in [0, 0.1) is 11.8 Å². The molecule has 4 heterocycles. The van der Waals surface area contributed by atoms with Crippen molar-refractivity contribution in [2.75, 3.05) is 19.8 Å². The smallest absolute Gasteiger partial charge is 0.410 e. The van der Waals surface area contributed by atoms with E-state index in [1.165, 1.54) is 28.8 Å². The highest BCUT2D eigenvalue weighted by atomic mass is 32.2. The largest absolute Gasteiger partial charge is 0.457 e. The number of hydrogen-bond donors (Lipinski definition) is 3. The van der Waals surface area contributed by atoms with Gasteiger partial charge in [0.15, 0.2) is 0 Å². The number of aliphatic hydroxyl groups excluding tert-OH is 2. The van der Waals surface area contributed by atoms with Crippen LogP contribution in [-0.4, -0.2) is 91.1 Å². The highest BCUT2D eigenvalue weighted by molar-refractivity contribution is 8.03. The van der Waals surface area contributed by atoms with Gasteiger partial charge in [-0.15, -0.1) is 11.8 Å². The van der Waals surface area contributed by atoms with Crippen molar-refractivity contribution < 1.29 is 34.1 Å². The molecule has 0 aromatic carbocycles. The lowest BCUT2D eigenvalue weighted by atomic mass is 9.79. The first-order valence-corrected chi connectivity index (χ1v) is 13.9. The van der Waals surface area contributed by atoms with Crippen molar-refractivity contribution in [3.05, 3.63) is 53.6 Å². The van der Waals surface area contributed by atoms with Gasteiger partial charge in [0.1, 0.15) is 31.3 Å². The van der Waals surface area contributed by atoms with Gasteiger partial charge in [0, 0.05) is 46.5 Å². The SMILES string of the molecule is C=CCOC(=O)C1=C(S[C@H]2C[C@H](C(C)c3cnc(CO)[nH]3)N(C(=O)OCC=C)C2)[C@H](C)[C@@H]2[C@@H]([C@@H](C)O)C(=O)N12. The first kappa shape index (κ1) is 28.9. The fourth-order valence-corrected chi connectivity index (χ4v) is 7.29. The lowest BCUT2D eigenvalue weighted by Gasteiger charge is -2.46. The third kappa shape index (κ3) is 5.37. The number of nitrogens with one attached hydrogen (secondary N) is 1. The van der Waals surface area contributed by atoms with Crippen molar-refractivity contribution in [1.29, 1.82) is 0 Å². The number of H-pyrrole nitrogens is 1. The summed E-state index contributed by atoms with van der Waals surface area (Å²) in [5, 5.41) is 19.6. The quantitative estimate of drug-likeness (QED) is 0.211. The molecule has 0 radical (unpaired) electrons. The minimum Gasteiger partial charge on any atom is -0.457 e. The van der Waals surface area contributed by atoms with Gasteiger partial charge < -0.3 is 34.5 Å². The van der Waals surface area contributed by atoms with Gasteiger partial charge in [-0.3, -0.25) is 4.79 Å². The topological polar surface area (TPSA) is 145 Å². The molecular weight excluding hydrogens is 524 g/mol. The molecule has 0 spiro atoms. The molecule has 0 bridgehead atoms. The number of hydrogen-bond acceptors (Lipinski definition) is 9. The number of aromatic nitrogens is 2. The summed E-state index contributed by atoms with van der Waals surface area (Å²) in [5.41, 5.74) is 0.993. The highest BCUT2D eigenvalue weighted by Crippen LogP contribution is 2.53. The Morgan fingerprint density at radius 2 is 1.97 bits per heavy atom. The number of esters is 1. The number of likely N-dealkylation sites (tertiary alicyclic amines) is 1. The standard InChI is InChI=1S/C27H36N4O7S/c1-6-8-37-26(35)23-24(15(4)22-21(16(5)33)25(34)31(22)23)39-17-10-19(30(12-17)27(36)38-9-7-2)14(3)18-11-28-20(13-32)29-18/h6-7,11,14-17,19,21-22,32-33H,1-2,8-10,12-13H2,3-5H3,(H,28,29)/t14?,15-,16-,17+,19-,21-,22-/m1/s1. The Bertz CT molecular complexity index is 1160. The van der Waals surface area contributed by atoms with Crippen molar-refractivity contribution in [2.24, 2.45) is 11.8 Å². The second kappa shape index (κ2) is 12.0. The molecular formula is C27H36N4O7S. The minimum absolute atomic E-state index is 0.00708. The van der Waals surface area contributed by atoms with Crippen molar-refractivity contribution in [3.63, 3.8) is 0 Å². The molecule has 12 heteroatoms. The summed E-state index contributed by atoms with van der Waals surface area (Å²) in [5.74, 6) is -1.40. The monoisotopic (exact) mass is 560 g/mol. The summed E-state index contributed by atoms with van der Waals surface area (Å²) in [6.07, 6.45) is 3.90. The van der Waals surface area contributed by atoms with E-state index < -0.39 is 24.1 Å². The number of imidazole rings is 1. The van der Waals surface area contributed by atoms with Gasteiger partial charge >= 0.3 is 12.1 Å². The van der Waals surface area contributed by atoms with Crippen LogP contribution in [0.5, 0.6) is 0 Å². The number of ether oxygens (including phenoxy) is 2. The van der Waals surface area contributed by atoms with E-state index in [2.05, 4.69) is 23.1 Å². The van der Waals surface area contributed by atoms with E-state index in [0.717, 1.165) is 5.69 Å².